The minimum atomic E-state index is 0.314. The average molecular weight is 317 g/mol. The number of hydrogen-bond donors (Lipinski definition) is 0. The van der Waals surface area contributed by atoms with E-state index >= 15 is 0 Å². The Bertz CT molecular complexity index is 758. The van der Waals surface area contributed by atoms with E-state index in [1.807, 2.05) is 48.5 Å². The van der Waals surface area contributed by atoms with Crippen LogP contribution in [0.5, 0.6) is 5.75 Å². The van der Waals surface area contributed by atoms with E-state index in [9.17, 15) is 0 Å². The largest absolute Gasteiger partial charge is 0.497 e. The van der Waals surface area contributed by atoms with Crippen molar-refractivity contribution in [2.75, 3.05) is 7.11 Å². The average Bonchev–Trinajstić information content (AvgIpc) is 3.01. The van der Waals surface area contributed by atoms with Gasteiger partial charge in [0.2, 0.25) is 5.82 Å². The Balaban J connectivity index is 1.76. The fraction of sp³-hybridized carbons (Fsp3) is 0.133. The molecule has 0 N–H and O–H groups in total. The third kappa shape index (κ3) is 3.17. The Kier molecular flexibility index (Phi) is 4.20. The summed E-state index contributed by atoms with van der Waals surface area (Å²) in [4.78, 5) is 6.91. The van der Waals surface area contributed by atoms with Gasteiger partial charge in [0.15, 0.2) is 0 Å². The highest BCUT2D eigenvalue weighted by Crippen LogP contribution is 2.19. The van der Waals surface area contributed by atoms with E-state index in [1.165, 1.54) is 4.85 Å². The van der Waals surface area contributed by atoms with Crippen LogP contribution in [-0.2, 0) is 6.61 Å². The number of ether oxygens (including phenoxy) is 1. The first-order chi connectivity index (χ1) is 10.8. The number of aromatic nitrogens is 4. The summed E-state index contributed by atoms with van der Waals surface area (Å²) in [5.41, 5.74) is 1.76. The smallest absolute Gasteiger partial charge is 0.222 e. The monoisotopic (exact) mass is 316 g/mol. The number of nitrogens with zero attached hydrogens (tertiary/aromatic N) is 4. The van der Waals surface area contributed by atoms with Crippen molar-refractivity contribution in [2.24, 2.45) is 0 Å². The molecule has 1 aromatic heterocycles. The summed E-state index contributed by atoms with van der Waals surface area (Å²) in [6.07, 6.45) is 0. The molecule has 0 saturated heterocycles. The SMILES string of the molecule is COc1ccc(-c2nnnn2OCc2cccc(Cl)c2)cc1. The topological polar surface area (TPSA) is 62.1 Å². The van der Waals surface area contributed by atoms with Gasteiger partial charge in [0.05, 0.1) is 7.11 Å². The maximum atomic E-state index is 5.95. The first-order valence-electron chi connectivity index (χ1n) is 6.57. The predicted octanol–water partition coefficient (Wildman–Crippen LogP) is 2.63. The zero-order valence-corrected chi connectivity index (χ0v) is 12.6. The van der Waals surface area contributed by atoms with Crippen LogP contribution in [0.15, 0.2) is 48.5 Å². The van der Waals surface area contributed by atoms with Gasteiger partial charge in [-0.05, 0) is 52.4 Å². The minimum absolute atomic E-state index is 0.314. The van der Waals surface area contributed by atoms with Crippen LogP contribution in [0, 0.1) is 0 Å². The van der Waals surface area contributed by atoms with Crippen LogP contribution < -0.4 is 9.57 Å². The summed E-state index contributed by atoms with van der Waals surface area (Å²) in [5.74, 6) is 1.28. The second-order valence-corrected chi connectivity index (χ2v) is 4.94. The maximum absolute atomic E-state index is 5.95. The van der Waals surface area contributed by atoms with Gasteiger partial charge in [-0.1, -0.05) is 28.6 Å². The lowest BCUT2D eigenvalue weighted by Crippen LogP contribution is -2.14. The molecule has 0 radical (unpaired) electrons. The molecule has 1 heterocycles. The van der Waals surface area contributed by atoms with E-state index in [4.69, 9.17) is 21.2 Å². The van der Waals surface area contributed by atoms with Gasteiger partial charge in [-0.15, -0.1) is 5.10 Å². The van der Waals surface area contributed by atoms with Crippen LogP contribution in [0.4, 0.5) is 0 Å². The number of halogens is 1. The molecule has 6 nitrogen and oxygen atoms in total. The molecule has 0 aliphatic carbocycles. The van der Waals surface area contributed by atoms with E-state index in [1.54, 1.807) is 7.11 Å². The molecule has 0 aliphatic rings. The molecule has 0 aliphatic heterocycles. The zero-order chi connectivity index (χ0) is 15.4. The van der Waals surface area contributed by atoms with Crippen molar-refractivity contribution in [3.05, 3.63) is 59.1 Å². The quantitative estimate of drug-likeness (QED) is 0.724. The number of tetrazole rings is 1. The molecule has 0 atom stereocenters. The Labute approximate surface area is 132 Å². The Morgan fingerprint density at radius 3 is 2.68 bits per heavy atom. The van der Waals surface area contributed by atoms with E-state index in [0.717, 1.165) is 16.9 Å². The van der Waals surface area contributed by atoms with E-state index in [0.29, 0.717) is 17.5 Å². The second kappa shape index (κ2) is 6.44. The van der Waals surface area contributed by atoms with Gasteiger partial charge in [0.1, 0.15) is 12.4 Å². The third-order valence-corrected chi connectivity index (χ3v) is 3.27. The van der Waals surface area contributed by atoms with Crippen LogP contribution in [-0.4, -0.2) is 27.5 Å². The lowest BCUT2D eigenvalue weighted by atomic mass is 10.2. The van der Waals surface area contributed by atoms with Crippen LogP contribution in [0.25, 0.3) is 11.4 Å². The van der Waals surface area contributed by atoms with Gasteiger partial charge in [-0.25, -0.2) is 0 Å². The Morgan fingerprint density at radius 2 is 1.95 bits per heavy atom. The zero-order valence-electron chi connectivity index (χ0n) is 11.8. The summed E-state index contributed by atoms with van der Waals surface area (Å²) in [6.45, 7) is 0.314. The van der Waals surface area contributed by atoms with Gasteiger partial charge >= 0.3 is 0 Å². The molecule has 7 heteroatoms. The van der Waals surface area contributed by atoms with Gasteiger partial charge in [0.25, 0.3) is 0 Å². The molecule has 112 valence electrons. The van der Waals surface area contributed by atoms with Crippen molar-refractivity contribution < 1.29 is 9.57 Å². The van der Waals surface area contributed by atoms with Gasteiger partial charge in [-0.2, -0.15) is 0 Å². The maximum Gasteiger partial charge on any atom is 0.222 e. The highest BCUT2D eigenvalue weighted by atomic mass is 35.5. The fourth-order valence-corrected chi connectivity index (χ4v) is 2.15. The van der Waals surface area contributed by atoms with Crippen molar-refractivity contribution in [3.63, 3.8) is 0 Å². The van der Waals surface area contributed by atoms with Gasteiger partial charge < -0.3 is 9.57 Å². The molecule has 0 saturated carbocycles. The molecule has 3 rings (SSSR count). The van der Waals surface area contributed by atoms with E-state index in [-0.39, 0.29) is 0 Å². The summed E-state index contributed by atoms with van der Waals surface area (Å²) < 4.78 is 5.13. The predicted molar refractivity (Wildman–Crippen MR) is 81.5 cm³/mol. The summed E-state index contributed by atoms with van der Waals surface area (Å²) >= 11 is 5.95. The van der Waals surface area contributed by atoms with Crippen molar-refractivity contribution in [3.8, 4) is 17.1 Å². The molecule has 0 bridgehead atoms. The van der Waals surface area contributed by atoms with Crippen molar-refractivity contribution in [2.45, 2.75) is 6.61 Å². The van der Waals surface area contributed by atoms with Crippen LogP contribution in [0.3, 0.4) is 0 Å². The van der Waals surface area contributed by atoms with Gasteiger partial charge in [0, 0.05) is 10.6 Å². The summed E-state index contributed by atoms with van der Waals surface area (Å²) in [7, 11) is 1.62. The first-order valence-corrected chi connectivity index (χ1v) is 6.94. The summed E-state index contributed by atoms with van der Waals surface area (Å²) in [5, 5.41) is 12.1. The normalized spacial score (nSPS) is 10.5. The molecule has 22 heavy (non-hydrogen) atoms. The highest BCUT2D eigenvalue weighted by Gasteiger charge is 2.10. The molecule has 3 aromatic rings. The number of rotatable bonds is 5. The highest BCUT2D eigenvalue weighted by molar-refractivity contribution is 6.30. The van der Waals surface area contributed by atoms with E-state index in [2.05, 4.69) is 15.5 Å². The first kappa shape index (κ1) is 14.3. The molecule has 0 amide bonds. The number of hydrogen-bond acceptors (Lipinski definition) is 5. The Morgan fingerprint density at radius 1 is 1.14 bits per heavy atom. The van der Waals surface area contributed by atoms with Crippen molar-refractivity contribution in [1.82, 2.24) is 20.4 Å². The number of benzene rings is 2. The third-order valence-electron chi connectivity index (χ3n) is 3.03. The van der Waals surface area contributed by atoms with Gasteiger partial charge in [-0.3, -0.25) is 0 Å². The lowest BCUT2D eigenvalue weighted by Gasteiger charge is -2.07. The molecule has 0 spiro atoms. The molecular formula is C15H13ClN4O2. The van der Waals surface area contributed by atoms with Crippen LogP contribution >= 0.6 is 11.6 Å². The minimum Gasteiger partial charge on any atom is -0.497 e. The van der Waals surface area contributed by atoms with Crippen molar-refractivity contribution in [1.29, 1.82) is 0 Å². The molecule has 2 aromatic carbocycles. The molecular weight excluding hydrogens is 304 g/mol. The standard InChI is InChI=1S/C15H13ClN4O2/c1-21-14-7-5-12(6-8-14)15-17-18-19-20(15)22-10-11-3-2-4-13(16)9-11/h2-9H,10H2,1H3. The number of methoxy groups -OCH3 is 1. The fourth-order valence-electron chi connectivity index (χ4n) is 1.94. The van der Waals surface area contributed by atoms with Crippen molar-refractivity contribution >= 4 is 11.6 Å². The van der Waals surface area contributed by atoms with Crippen LogP contribution in [0.1, 0.15) is 5.56 Å². The molecule has 0 unspecified atom stereocenters. The molecule has 0 fully saturated rings. The summed E-state index contributed by atoms with van der Waals surface area (Å²) in [6, 6.07) is 14.8. The van der Waals surface area contributed by atoms with E-state index < -0.39 is 0 Å². The Hall–Kier alpha value is -2.60. The second-order valence-electron chi connectivity index (χ2n) is 4.51. The van der Waals surface area contributed by atoms with Crippen LogP contribution in [0.2, 0.25) is 5.02 Å². The lowest BCUT2D eigenvalue weighted by molar-refractivity contribution is 0.0695.